The summed E-state index contributed by atoms with van der Waals surface area (Å²) in [5.74, 6) is -10.1. The topological polar surface area (TPSA) is 9.23 Å². The van der Waals surface area contributed by atoms with Gasteiger partial charge in [-0.3, -0.25) is 0 Å². The standard InChI is InChI=1S/C22H15F7O/c1-2-3-12-4-6-13(7-5-12)14-8-18(25)21(19(26)9-14)30-22(28,29)15-10-16(23)20(27)17(24)11-15/h4-11H,2-3H2,1H3. The Hall–Kier alpha value is -3.03. The van der Waals surface area contributed by atoms with Gasteiger partial charge in [-0.25, -0.2) is 22.0 Å². The Bertz CT molecular complexity index is 1020. The molecule has 0 N–H and O–H groups in total. The molecule has 0 aliphatic carbocycles. The van der Waals surface area contributed by atoms with Crippen LogP contribution in [0.4, 0.5) is 30.7 Å². The Balaban J connectivity index is 1.92. The van der Waals surface area contributed by atoms with Crippen molar-refractivity contribution < 1.29 is 35.5 Å². The second-order valence-electron chi connectivity index (χ2n) is 6.59. The van der Waals surface area contributed by atoms with Crippen molar-refractivity contribution in [1.82, 2.24) is 0 Å². The molecule has 0 bridgehead atoms. The van der Waals surface area contributed by atoms with Crippen molar-refractivity contribution in [2.75, 3.05) is 0 Å². The van der Waals surface area contributed by atoms with Crippen molar-refractivity contribution in [3.8, 4) is 16.9 Å². The van der Waals surface area contributed by atoms with Gasteiger partial charge in [0, 0.05) is 0 Å². The number of aryl methyl sites for hydroxylation is 1. The molecular formula is C22H15F7O. The molecule has 0 unspecified atom stereocenters. The quantitative estimate of drug-likeness (QED) is 0.300. The fourth-order valence-electron chi connectivity index (χ4n) is 2.89. The Morgan fingerprint density at radius 3 is 1.77 bits per heavy atom. The van der Waals surface area contributed by atoms with Crippen molar-refractivity contribution in [3.05, 3.63) is 88.7 Å². The minimum absolute atomic E-state index is 0.0134. The molecule has 0 atom stereocenters. The van der Waals surface area contributed by atoms with Gasteiger partial charge in [0.2, 0.25) is 0 Å². The largest absolute Gasteiger partial charge is 0.427 e. The first-order valence-corrected chi connectivity index (χ1v) is 8.92. The molecule has 0 aliphatic heterocycles. The van der Waals surface area contributed by atoms with E-state index in [9.17, 15) is 30.7 Å². The molecule has 0 heterocycles. The van der Waals surface area contributed by atoms with E-state index in [2.05, 4.69) is 4.74 Å². The van der Waals surface area contributed by atoms with E-state index in [4.69, 9.17) is 0 Å². The smallest absolute Gasteiger partial charge is 0.423 e. The molecule has 158 valence electrons. The normalized spacial score (nSPS) is 11.6. The SMILES string of the molecule is CCCc1ccc(-c2cc(F)c(OC(F)(F)c3cc(F)c(F)c(F)c3)c(F)c2)cc1. The summed E-state index contributed by atoms with van der Waals surface area (Å²) >= 11 is 0. The van der Waals surface area contributed by atoms with Gasteiger partial charge < -0.3 is 4.74 Å². The summed E-state index contributed by atoms with van der Waals surface area (Å²) in [6.07, 6.45) is -2.78. The summed E-state index contributed by atoms with van der Waals surface area (Å²) in [5.41, 5.74) is 0.130. The Labute approximate surface area is 167 Å². The summed E-state index contributed by atoms with van der Waals surface area (Å²) in [6, 6.07) is 8.41. The van der Waals surface area contributed by atoms with Gasteiger partial charge in [0.1, 0.15) is 0 Å². The molecule has 0 spiro atoms. The Morgan fingerprint density at radius 2 is 1.27 bits per heavy atom. The number of alkyl halides is 2. The average Bonchev–Trinajstić information content (AvgIpc) is 2.69. The lowest BCUT2D eigenvalue weighted by molar-refractivity contribution is -0.188. The van der Waals surface area contributed by atoms with Gasteiger partial charge >= 0.3 is 6.11 Å². The molecule has 3 aromatic carbocycles. The van der Waals surface area contributed by atoms with E-state index in [-0.39, 0.29) is 17.7 Å². The lowest BCUT2D eigenvalue weighted by Gasteiger charge is -2.20. The van der Waals surface area contributed by atoms with Crippen LogP contribution in [0.25, 0.3) is 11.1 Å². The van der Waals surface area contributed by atoms with Gasteiger partial charge in [-0.2, -0.15) is 8.78 Å². The minimum Gasteiger partial charge on any atom is -0.423 e. The van der Waals surface area contributed by atoms with Crippen molar-refractivity contribution in [2.45, 2.75) is 25.9 Å². The molecular weight excluding hydrogens is 413 g/mol. The van der Waals surface area contributed by atoms with Crippen LogP contribution in [0.15, 0.2) is 48.5 Å². The molecule has 30 heavy (non-hydrogen) atoms. The number of rotatable bonds is 6. The number of hydrogen-bond acceptors (Lipinski definition) is 1. The van der Waals surface area contributed by atoms with Crippen LogP contribution < -0.4 is 4.74 Å². The van der Waals surface area contributed by atoms with Gasteiger partial charge in [0.15, 0.2) is 34.8 Å². The maximum Gasteiger partial charge on any atom is 0.427 e. The van der Waals surface area contributed by atoms with Crippen LogP contribution in [-0.2, 0) is 12.5 Å². The number of ether oxygens (including phenoxy) is 1. The van der Waals surface area contributed by atoms with Crippen LogP contribution in [-0.4, -0.2) is 0 Å². The summed E-state index contributed by atoms with van der Waals surface area (Å²) in [6.45, 7) is 2.00. The van der Waals surface area contributed by atoms with E-state index in [1.54, 1.807) is 24.3 Å². The van der Waals surface area contributed by atoms with Crippen LogP contribution in [0.5, 0.6) is 5.75 Å². The minimum atomic E-state index is -4.53. The molecule has 8 heteroatoms. The van der Waals surface area contributed by atoms with Crippen LogP contribution >= 0.6 is 0 Å². The predicted octanol–water partition coefficient (Wildman–Crippen LogP) is 7.13. The van der Waals surface area contributed by atoms with E-state index in [1.165, 1.54) is 0 Å². The van der Waals surface area contributed by atoms with Gasteiger partial charge in [-0.1, -0.05) is 37.6 Å². The van der Waals surface area contributed by atoms with E-state index in [1.807, 2.05) is 6.92 Å². The highest BCUT2D eigenvalue weighted by atomic mass is 19.3. The second kappa shape index (κ2) is 8.38. The second-order valence-corrected chi connectivity index (χ2v) is 6.59. The van der Waals surface area contributed by atoms with Gasteiger partial charge in [0.25, 0.3) is 0 Å². The van der Waals surface area contributed by atoms with Crippen molar-refractivity contribution in [3.63, 3.8) is 0 Å². The summed E-state index contributed by atoms with van der Waals surface area (Å²) in [5, 5.41) is 0. The molecule has 0 fully saturated rings. The average molecular weight is 428 g/mol. The van der Waals surface area contributed by atoms with Crippen molar-refractivity contribution >= 4 is 0 Å². The number of hydrogen-bond donors (Lipinski definition) is 0. The van der Waals surface area contributed by atoms with E-state index >= 15 is 0 Å². The van der Waals surface area contributed by atoms with E-state index in [0.717, 1.165) is 30.5 Å². The summed E-state index contributed by atoms with van der Waals surface area (Å²) in [4.78, 5) is 0. The van der Waals surface area contributed by atoms with E-state index < -0.39 is 46.5 Å². The monoisotopic (exact) mass is 428 g/mol. The molecule has 0 saturated carbocycles. The van der Waals surface area contributed by atoms with Gasteiger partial charge in [-0.05, 0) is 47.4 Å². The Morgan fingerprint density at radius 1 is 0.733 bits per heavy atom. The van der Waals surface area contributed by atoms with Crippen LogP contribution in [0.3, 0.4) is 0 Å². The van der Waals surface area contributed by atoms with Crippen molar-refractivity contribution in [2.24, 2.45) is 0 Å². The third-order valence-electron chi connectivity index (χ3n) is 4.37. The lowest BCUT2D eigenvalue weighted by Crippen LogP contribution is -2.24. The first-order chi connectivity index (χ1) is 14.1. The third-order valence-corrected chi connectivity index (χ3v) is 4.37. The molecule has 0 aromatic heterocycles. The lowest BCUT2D eigenvalue weighted by atomic mass is 10.0. The first kappa shape index (κ1) is 21.7. The summed E-state index contributed by atoms with van der Waals surface area (Å²) < 4.78 is 101. The molecule has 3 rings (SSSR count). The third kappa shape index (κ3) is 4.42. The van der Waals surface area contributed by atoms with Gasteiger partial charge in [0.05, 0.1) is 5.56 Å². The number of halogens is 7. The maximum atomic E-state index is 14.4. The summed E-state index contributed by atoms with van der Waals surface area (Å²) in [7, 11) is 0. The van der Waals surface area contributed by atoms with Crippen LogP contribution in [0.1, 0.15) is 24.5 Å². The fraction of sp³-hybridized carbons (Fsp3) is 0.182. The zero-order chi connectivity index (χ0) is 22.1. The van der Waals surface area contributed by atoms with Crippen LogP contribution in [0, 0.1) is 29.1 Å². The zero-order valence-corrected chi connectivity index (χ0v) is 15.6. The molecule has 3 aromatic rings. The number of benzene rings is 3. The molecule has 0 radical (unpaired) electrons. The Kier molecular flexibility index (Phi) is 6.05. The van der Waals surface area contributed by atoms with Gasteiger partial charge in [-0.15, -0.1) is 0 Å². The zero-order valence-electron chi connectivity index (χ0n) is 15.6. The first-order valence-electron chi connectivity index (χ1n) is 8.92. The predicted molar refractivity (Wildman–Crippen MR) is 96.6 cm³/mol. The maximum absolute atomic E-state index is 14.4. The van der Waals surface area contributed by atoms with Crippen LogP contribution in [0.2, 0.25) is 0 Å². The highest BCUT2D eigenvalue weighted by molar-refractivity contribution is 5.65. The molecule has 0 amide bonds. The molecule has 0 saturated heterocycles. The van der Waals surface area contributed by atoms with E-state index in [0.29, 0.717) is 5.56 Å². The fourth-order valence-corrected chi connectivity index (χ4v) is 2.89. The molecule has 0 aliphatic rings. The highest BCUT2D eigenvalue weighted by Gasteiger charge is 2.38. The molecule has 1 nitrogen and oxygen atoms in total. The van der Waals surface area contributed by atoms with Crippen molar-refractivity contribution in [1.29, 1.82) is 0 Å². The highest BCUT2D eigenvalue weighted by Crippen LogP contribution is 2.37.